The van der Waals surface area contributed by atoms with Crippen LogP contribution >= 0.6 is 0 Å². The highest BCUT2D eigenvalue weighted by molar-refractivity contribution is 5.88. The van der Waals surface area contributed by atoms with E-state index in [1.165, 1.54) is 360 Å². The van der Waals surface area contributed by atoms with Crippen LogP contribution in [0.4, 0.5) is 0 Å². The van der Waals surface area contributed by atoms with Gasteiger partial charge in [0.1, 0.15) is 6.04 Å². The van der Waals surface area contributed by atoms with Crippen molar-refractivity contribution in [1.82, 2.24) is 5.32 Å². The van der Waals surface area contributed by atoms with E-state index in [4.69, 9.17) is 0 Å². The molecule has 0 aliphatic heterocycles. The van der Waals surface area contributed by atoms with Gasteiger partial charge in [0.25, 0.3) is 0 Å². The van der Waals surface area contributed by atoms with Crippen molar-refractivity contribution in [2.45, 2.75) is 539 Å². The molecular weight excluding hydrogens is 1430 g/mol. The number of hydrogen-bond donors (Lipinski definition) is 3. The molecule has 0 aromatic carbocycles. The number of hydrogen-bond acceptors (Lipinski definition) is 3. The molecule has 8 rings (SSSR count). The van der Waals surface area contributed by atoms with Crippen LogP contribution in [0.25, 0.3) is 0 Å². The van der Waals surface area contributed by atoms with Crippen molar-refractivity contribution >= 4 is 17.8 Å². The summed E-state index contributed by atoms with van der Waals surface area (Å²) in [7, 11) is 0. The number of amides is 1. The van der Waals surface area contributed by atoms with Gasteiger partial charge >= 0.3 is 11.9 Å². The predicted octanol–water partition coefficient (Wildman–Crippen LogP) is 34.6. The van der Waals surface area contributed by atoms with Gasteiger partial charge in [0, 0.05) is 6.42 Å². The van der Waals surface area contributed by atoms with Crippen LogP contribution in [0.15, 0.2) is 23.3 Å². The van der Waals surface area contributed by atoms with Gasteiger partial charge in [0.15, 0.2) is 0 Å². The first-order valence-electron chi connectivity index (χ1n) is 53.6. The molecule has 6 fully saturated rings. The maximum atomic E-state index is 16.6. The van der Waals surface area contributed by atoms with Crippen molar-refractivity contribution in [3.63, 3.8) is 0 Å². The van der Waals surface area contributed by atoms with Crippen LogP contribution in [0.1, 0.15) is 533 Å². The Labute approximate surface area is 727 Å². The molecule has 0 spiro atoms. The van der Waals surface area contributed by atoms with Gasteiger partial charge in [-0.3, -0.25) is 9.59 Å². The second kappa shape index (κ2) is 52.7. The number of fused-ring (bicyclic) bond motifs is 10. The Bertz CT molecular complexity index is 2650. The molecule has 0 bridgehead atoms. The Hall–Kier alpha value is -2.11. The van der Waals surface area contributed by atoms with E-state index in [2.05, 4.69) is 107 Å². The standard InChI is InChI=1S/C111H199NO5/c1-14-17-20-23-26-29-31-40-47-60-91(62-49-42-35-33-38-45-58-89-74-79-107(10)93(83-89)64-66-95-99-70-68-97(87(8)56-52-54-85(4)5)109(99,12)81-76-101(95)107)111(78-51-44-37-28-25-22-19-16-3,106(117)112-103(105(115)116)72-73-104(113)114)92(61-48-41-32-30-27-24-21-18-15-2)63-50-43-36-34-39-46-59-90-75-80-108(11)94(84-90)65-67-96-100-71-69-98(88(9)57-53-55-86(6)7)110(100,13)82-77-102(96)108/h64-65,85-92,95-103H,14-63,66-84H2,1-13H3,(H,112,117)(H,113,114)(H,115,116)/t87-,88-,89?,90?,91?,92?,95?,96?,97-,98-,99?,100?,101?,102?,103+,107+,108+,109-,110-,111?/m1/s1. The van der Waals surface area contributed by atoms with Gasteiger partial charge in [-0.1, -0.05) is 409 Å². The van der Waals surface area contributed by atoms with Crippen LogP contribution in [-0.4, -0.2) is 34.1 Å². The summed E-state index contributed by atoms with van der Waals surface area (Å²) in [6.07, 6.45) is 92.3. The van der Waals surface area contributed by atoms with Gasteiger partial charge in [-0.2, -0.15) is 0 Å². The first-order valence-corrected chi connectivity index (χ1v) is 53.6. The van der Waals surface area contributed by atoms with E-state index in [0.717, 1.165) is 153 Å². The van der Waals surface area contributed by atoms with Crippen molar-refractivity contribution in [3.8, 4) is 0 Å². The Morgan fingerprint density at radius 1 is 0.385 bits per heavy atom. The zero-order valence-electron chi connectivity index (χ0n) is 80.4. The first-order chi connectivity index (χ1) is 56.5. The molecule has 678 valence electrons. The zero-order chi connectivity index (χ0) is 84.1. The number of aliphatic carboxylic acids is 2. The molecule has 8 aliphatic carbocycles. The largest absolute Gasteiger partial charge is 0.481 e. The highest BCUT2D eigenvalue weighted by Gasteiger charge is 2.61. The number of rotatable bonds is 65. The van der Waals surface area contributed by atoms with Gasteiger partial charge in [-0.15, -0.1) is 0 Å². The van der Waals surface area contributed by atoms with E-state index in [1.54, 1.807) is 0 Å². The SMILES string of the molecule is CCCCCCCCCCCC(CCCCCCCCC1CC[C@@]2(C)C(=CCC3C2CC[C@@]2(C)C3CC[C@@H]2[C@H](C)CCCC(C)C)C1)C(CCCCCCCCCC)(C(=O)N[C@@H](CCC(=O)O)C(=O)O)C(CCCCCCCCCCC)CCCCCCCCC1CC[C@@]2(C)C(=CCC3C2CC[C@@]2(C)C3CC[C@@H]2[C@H](C)CCCC(C)C)C1. The normalized spacial score (nSPS) is 29.9. The predicted molar refractivity (Wildman–Crippen MR) is 504 cm³/mol. The first kappa shape index (κ1) is 100. The summed E-state index contributed by atoms with van der Waals surface area (Å²) >= 11 is 0. The third-order valence-electron chi connectivity index (χ3n) is 36.5. The van der Waals surface area contributed by atoms with Gasteiger partial charge in [-0.05, 0) is 258 Å². The highest BCUT2D eigenvalue weighted by atomic mass is 16.4. The molecule has 19 atom stereocenters. The quantitative estimate of drug-likeness (QED) is 0.0416. The van der Waals surface area contributed by atoms with Crippen molar-refractivity contribution in [2.75, 3.05) is 0 Å². The zero-order valence-corrected chi connectivity index (χ0v) is 80.4. The molecule has 10 unspecified atom stereocenters. The number of carboxylic acids is 2. The summed E-state index contributed by atoms with van der Waals surface area (Å²) in [5, 5.41) is 24.4. The monoisotopic (exact) mass is 1630 g/mol. The topological polar surface area (TPSA) is 104 Å². The van der Waals surface area contributed by atoms with Gasteiger partial charge in [0.2, 0.25) is 5.91 Å². The maximum Gasteiger partial charge on any atom is 0.326 e. The molecule has 3 N–H and O–H groups in total. The Morgan fingerprint density at radius 3 is 1.07 bits per heavy atom. The highest BCUT2D eigenvalue weighted by Crippen LogP contribution is 2.70. The molecule has 6 saturated carbocycles. The second-order valence-corrected chi connectivity index (χ2v) is 45.4. The van der Waals surface area contributed by atoms with Gasteiger partial charge in [0.05, 0.1) is 5.41 Å². The number of carbonyl (C=O) groups excluding carboxylic acids is 1. The van der Waals surface area contributed by atoms with Crippen LogP contribution in [0, 0.1) is 122 Å². The van der Waals surface area contributed by atoms with E-state index in [-0.39, 0.29) is 30.6 Å². The van der Waals surface area contributed by atoms with E-state index in [1.807, 2.05) is 11.1 Å². The van der Waals surface area contributed by atoms with Crippen LogP contribution in [0.2, 0.25) is 0 Å². The summed E-state index contributed by atoms with van der Waals surface area (Å²) in [6, 6.07) is -1.21. The number of unbranched alkanes of at least 4 members (excludes halogenated alkanes) is 33. The number of carbonyl (C=O) groups is 3. The van der Waals surface area contributed by atoms with Crippen LogP contribution in [-0.2, 0) is 14.4 Å². The molecule has 0 aromatic rings. The fourth-order valence-corrected chi connectivity index (χ4v) is 29.4. The van der Waals surface area contributed by atoms with E-state index in [0.29, 0.717) is 21.7 Å². The van der Waals surface area contributed by atoms with E-state index >= 15 is 4.79 Å². The van der Waals surface area contributed by atoms with Crippen LogP contribution < -0.4 is 5.32 Å². The Kier molecular flexibility index (Phi) is 45.2. The molecular formula is C111H199NO5. The van der Waals surface area contributed by atoms with Gasteiger partial charge in [-0.25, -0.2) is 4.79 Å². The van der Waals surface area contributed by atoms with Crippen molar-refractivity contribution in [3.05, 3.63) is 23.3 Å². The second-order valence-electron chi connectivity index (χ2n) is 45.4. The third kappa shape index (κ3) is 29.5. The molecule has 0 radical (unpaired) electrons. The van der Waals surface area contributed by atoms with E-state index < -0.39 is 23.4 Å². The molecule has 117 heavy (non-hydrogen) atoms. The third-order valence-corrected chi connectivity index (χ3v) is 36.5. The summed E-state index contributed by atoms with van der Waals surface area (Å²) in [4.78, 5) is 42.3. The summed E-state index contributed by atoms with van der Waals surface area (Å²) < 4.78 is 0. The Morgan fingerprint density at radius 2 is 0.726 bits per heavy atom. The number of allylic oxidation sites excluding steroid dienone is 4. The Balaban J connectivity index is 0.930. The van der Waals surface area contributed by atoms with Crippen LogP contribution in [0.3, 0.4) is 0 Å². The fraction of sp³-hybridized carbons (Fsp3) is 0.937. The molecule has 8 aliphatic rings. The lowest BCUT2D eigenvalue weighted by Gasteiger charge is -2.58. The summed E-state index contributed by atoms with van der Waals surface area (Å²) in [5.74, 6) is 10.6. The smallest absolute Gasteiger partial charge is 0.326 e. The molecule has 0 saturated heterocycles. The average molecular weight is 1630 g/mol. The minimum atomic E-state index is -1.21. The lowest BCUT2D eigenvalue weighted by Crippen LogP contribution is -2.55. The average Bonchev–Trinajstić information content (AvgIpc) is 1.69. The lowest BCUT2D eigenvalue weighted by molar-refractivity contribution is -0.149. The summed E-state index contributed by atoms with van der Waals surface area (Å²) in [6.45, 7) is 32.8. The molecule has 0 heterocycles. The molecule has 1 amide bonds. The van der Waals surface area contributed by atoms with Crippen LogP contribution in [0.5, 0.6) is 0 Å². The lowest BCUT2D eigenvalue weighted by atomic mass is 9.46. The van der Waals surface area contributed by atoms with E-state index in [9.17, 15) is 19.8 Å². The minimum Gasteiger partial charge on any atom is -0.481 e. The van der Waals surface area contributed by atoms with Crippen molar-refractivity contribution in [1.29, 1.82) is 0 Å². The number of carboxylic acid groups (broad SMARTS) is 2. The fourth-order valence-electron chi connectivity index (χ4n) is 29.4. The maximum absolute atomic E-state index is 16.6. The molecule has 6 heteroatoms. The van der Waals surface area contributed by atoms with Gasteiger partial charge < -0.3 is 15.5 Å². The molecule has 0 aromatic heterocycles. The number of nitrogens with one attached hydrogen (secondary N) is 1. The molecule has 6 nitrogen and oxygen atoms in total. The summed E-state index contributed by atoms with van der Waals surface area (Å²) in [5.41, 5.74) is 4.99. The van der Waals surface area contributed by atoms with Crippen molar-refractivity contribution < 1.29 is 24.6 Å². The minimum absolute atomic E-state index is 0.0213. The van der Waals surface area contributed by atoms with Crippen molar-refractivity contribution in [2.24, 2.45) is 122 Å².